The second-order valence-electron chi connectivity index (χ2n) is 8.64. The van der Waals surface area contributed by atoms with Crippen LogP contribution >= 0.6 is 0 Å². The minimum Gasteiger partial charge on any atom is -0.462 e. The monoisotopic (exact) mass is 518 g/mol. The quantitative estimate of drug-likeness (QED) is 0.564. The number of ether oxygens (including phenoxy) is 1. The SMILES string of the molecule is CCOc1noc(C2CC(c3ccc(CC(F)(F)F)c(F)c3)CN(C(=O)N3CCS(=O)CC3)C2)n1. The van der Waals surface area contributed by atoms with E-state index in [4.69, 9.17) is 9.26 Å². The van der Waals surface area contributed by atoms with Crippen LogP contribution < -0.4 is 4.74 Å². The van der Waals surface area contributed by atoms with Crippen LogP contribution in [0.4, 0.5) is 22.4 Å². The molecule has 0 bridgehead atoms. The molecule has 13 heteroatoms. The number of carbonyl (C=O) groups is 1. The lowest BCUT2D eigenvalue weighted by Gasteiger charge is -2.40. The van der Waals surface area contributed by atoms with Gasteiger partial charge in [0.25, 0.3) is 0 Å². The molecule has 4 rings (SSSR count). The number of hydrogen-bond acceptors (Lipinski definition) is 6. The van der Waals surface area contributed by atoms with Crippen molar-refractivity contribution < 1.29 is 35.8 Å². The van der Waals surface area contributed by atoms with E-state index in [1.165, 1.54) is 6.07 Å². The number of urea groups is 1. The van der Waals surface area contributed by atoms with Crippen molar-refractivity contribution in [3.8, 4) is 6.01 Å². The highest BCUT2D eigenvalue weighted by molar-refractivity contribution is 7.85. The highest BCUT2D eigenvalue weighted by atomic mass is 32.2. The highest BCUT2D eigenvalue weighted by Gasteiger charge is 2.37. The Balaban J connectivity index is 1.58. The molecule has 1 aromatic carbocycles. The van der Waals surface area contributed by atoms with Gasteiger partial charge in [-0.25, -0.2) is 9.18 Å². The van der Waals surface area contributed by atoms with Gasteiger partial charge in [0.05, 0.1) is 18.9 Å². The summed E-state index contributed by atoms with van der Waals surface area (Å²) >= 11 is 0. The van der Waals surface area contributed by atoms with Crippen molar-refractivity contribution in [1.82, 2.24) is 19.9 Å². The first-order valence-electron chi connectivity index (χ1n) is 11.3. The van der Waals surface area contributed by atoms with Crippen LogP contribution in [0.5, 0.6) is 6.01 Å². The lowest BCUT2D eigenvalue weighted by Crippen LogP contribution is -2.52. The molecule has 0 N–H and O–H groups in total. The third-order valence-corrected chi connectivity index (χ3v) is 7.43. The maximum atomic E-state index is 14.6. The summed E-state index contributed by atoms with van der Waals surface area (Å²) < 4.78 is 75.1. The molecule has 0 saturated carbocycles. The second-order valence-corrected chi connectivity index (χ2v) is 10.3. The summed E-state index contributed by atoms with van der Waals surface area (Å²) in [5, 5.41) is 3.78. The van der Waals surface area contributed by atoms with Gasteiger partial charge in [0, 0.05) is 54.4 Å². The Kier molecular flexibility index (Phi) is 7.62. The zero-order valence-electron chi connectivity index (χ0n) is 19.1. The van der Waals surface area contributed by atoms with E-state index in [1.54, 1.807) is 16.7 Å². The fraction of sp³-hybridized carbons (Fsp3) is 0.591. The van der Waals surface area contributed by atoms with Gasteiger partial charge in [-0.05, 0) is 35.7 Å². The Bertz CT molecular complexity index is 1070. The summed E-state index contributed by atoms with van der Waals surface area (Å²) in [5.74, 6) is -0.608. The Morgan fingerprint density at radius 1 is 1.20 bits per heavy atom. The first kappa shape index (κ1) is 25.4. The van der Waals surface area contributed by atoms with Gasteiger partial charge < -0.3 is 19.1 Å². The molecule has 2 atom stereocenters. The molecule has 2 unspecified atom stereocenters. The lowest BCUT2D eigenvalue weighted by molar-refractivity contribution is -0.127. The van der Waals surface area contributed by atoms with E-state index < -0.39 is 34.8 Å². The number of benzene rings is 1. The number of piperidine rings is 1. The third-order valence-electron chi connectivity index (χ3n) is 6.15. The van der Waals surface area contributed by atoms with E-state index in [9.17, 15) is 26.6 Å². The largest absolute Gasteiger partial charge is 0.462 e. The molecule has 3 heterocycles. The fourth-order valence-corrected chi connectivity index (χ4v) is 5.51. The van der Waals surface area contributed by atoms with Gasteiger partial charge in [0.1, 0.15) is 5.82 Å². The number of carbonyl (C=O) groups excluding carboxylic acids is 1. The molecule has 2 aromatic rings. The molecule has 2 fully saturated rings. The zero-order chi connectivity index (χ0) is 25.2. The summed E-state index contributed by atoms with van der Waals surface area (Å²) in [5.41, 5.74) is 0.0568. The molecule has 8 nitrogen and oxygen atoms in total. The predicted octanol–water partition coefficient (Wildman–Crippen LogP) is 3.47. The smallest absolute Gasteiger partial charge is 0.393 e. The third kappa shape index (κ3) is 6.30. The summed E-state index contributed by atoms with van der Waals surface area (Å²) in [6, 6.07) is 3.57. The molecule has 0 spiro atoms. The van der Waals surface area contributed by atoms with E-state index >= 15 is 0 Å². The van der Waals surface area contributed by atoms with Gasteiger partial charge >= 0.3 is 18.2 Å². The van der Waals surface area contributed by atoms with Crippen LogP contribution in [0.25, 0.3) is 0 Å². The van der Waals surface area contributed by atoms with Crippen LogP contribution in [0.1, 0.15) is 42.2 Å². The van der Waals surface area contributed by atoms with Gasteiger partial charge in [-0.1, -0.05) is 12.1 Å². The lowest BCUT2D eigenvalue weighted by atomic mass is 9.84. The molecule has 0 aliphatic carbocycles. The number of amides is 2. The normalized spacial score (nSPS) is 21.9. The number of nitrogens with zero attached hydrogens (tertiary/aromatic N) is 4. The summed E-state index contributed by atoms with van der Waals surface area (Å²) in [6.07, 6.45) is -5.44. The summed E-state index contributed by atoms with van der Waals surface area (Å²) in [7, 11) is -0.949. The Hall–Kier alpha value is -2.70. The van der Waals surface area contributed by atoms with Crippen molar-refractivity contribution >= 4 is 16.8 Å². The number of likely N-dealkylation sites (tertiary alicyclic amines) is 1. The first-order chi connectivity index (χ1) is 16.6. The van der Waals surface area contributed by atoms with Crippen LogP contribution in [-0.4, -0.2) is 80.6 Å². The Labute approximate surface area is 202 Å². The van der Waals surface area contributed by atoms with Crippen LogP contribution in [0.3, 0.4) is 0 Å². The van der Waals surface area contributed by atoms with Crippen molar-refractivity contribution in [3.63, 3.8) is 0 Å². The predicted molar refractivity (Wildman–Crippen MR) is 118 cm³/mol. The van der Waals surface area contributed by atoms with Crippen LogP contribution in [0.15, 0.2) is 22.7 Å². The van der Waals surface area contributed by atoms with Gasteiger partial charge in [-0.15, -0.1) is 0 Å². The fourth-order valence-electron chi connectivity index (χ4n) is 4.46. The molecule has 2 amide bonds. The Morgan fingerprint density at radius 2 is 1.91 bits per heavy atom. The number of hydrogen-bond donors (Lipinski definition) is 0. The van der Waals surface area contributed by atoms with E-state index in [0.717, 1.165) is 12.1 Å². The zero-order valence-corrected chi connectivity index (χ0v) is 19.9. The molecule has 2 aliphatic rings. The maximum absolute atomic E-state index is 14.6. The van der Waals surface area contributed by atoms with E-state index in [1.807, 2.05) is 0 Å². The van der Waals surface area contributed by atoms with Gasteiger partial charge in [0.15, 0.2) is 0 Å². The standard InChI is InChI=1S/C22H26F4N4O4S/c1-2-33-20-27-19(34-28-20)17-9-16(14-3-4-15(18(23)10-14)11-22(24,25)26)12-30(13-17)21(31)29-5-7-35(32)8-6-29/h3-4,10,16-17H,2,5-9,11-13H2,1H3. The molecule has 0 radical (unpaired) electrons. The van der Waals surface area contributed by atoms with Crippen molar-refractivity contribution in [3.05, 3.63) is 41.0 Å². The maximum Gasteiger partial charge on any atom is 0.393 e. The summed E-state index contributed by atoms with van der Waals surface area (Å²) in [6.45, 7) is 3.38. The number of aromatic nitrogens is 2. The molecule has 1 aromatic heterocycles. The number of halogens is 4. The average molecular weight is 519 g/mol. The Morgan fingerprint density at radius 3 is 2.57 bits per heavy atom. The van der Waals surface area contributed by atoms with E-state index in [-0.39, 0.29) is 42.9 Å². The highest BCUT2D eigenvalue weighted by Crippen LogP contribution is 2.37. The van der Waals surface area contributed by atoms with Crippen molar-refractivity contribution in [1.29, 1.82) is 0 Å². The van der Waals surface area contributed by atoms with Crippen molar-refractivity contribution in [2.24, 2.45) is 0 Å². The van der Waals surface area contributed by atoms with Crippen LogP contribution in [-0.2, 0) is 17.2 Å². The molecular weight excluding hydrogens is 492 g/mol. The van der Waals surface area contributed by atoms with Gasteiger partial charge in [-0.2, -0.15) is 18.2 Å². The second kappa shape index (κ2) is 10.5. The average Bonchev–Trinajstić information content (AvgIpc) is 3.28. The van der Waals surface area contributed by atoms with E-state index in [2.05, 4.69) is 10.1 Å². The minimum absolute atomic E-state index is 0.0727. The molecule has 35 heavy (non-hydrogen) atoms. The molecule has 2 aliphatic heterocycles. The summed E-state index contributed by atoms with van der Waals surface area (Å²) in [4.78, 5) is 20.8. The van der Waals surface area contributed by atoms with Crippen molar-refractivity contribution in [2.45, 2.75) is 37.8 Å². The van der Waals surface area contributed by atoms with Gasteiger partial charge in [-0.3, -0.25) is 4.21 Å². The van der Waals surface area contributed by atoms with E-state index in [0.29, 0.717) is 43.2 Å². The molecular formula is C22H26F4N4O4S. The van der Waals surface area contributed by atoms with Crippen molar-refractivity contribution in [2.75, 3.05) is 44.3 Å². The van der Waals surface area contributed by atoms with Crippen LogP contribution in [0, 0.1) is 5.82 Å². The van der Waals surface area contributed by atoms with Crippen LogP contribution in [0.2, 0.25) is 0 Å². The molecule has 192 valence electrons. The first-order valence-corrected chi connectivity index (χ1v) is 12.8. The number of alkyl halides is 3. The topological polar surface area (TPSA) is 88.8 Å². The molecule has 2 saturated heterocycles. The van der Waals surface area contributed by atoms with Gasteiger partial charge in [0.2, 0.25) is 5.89 Å². The number of rotatable bonds is 5. The minimum atomic E-state index is -4.52.